The Morgan fingerprint density at radius 3 is 2.79 bits per heavy atom. The molecule has 0 bridgehead atoms. The summed E-state index contributed by atoms with van der Waals surface area (Å²) in [5.74, 6) is 1.65. The summed E-state index contributed by atoms with van der Waals surface area (Å²) in [4.78, 5) is 18.8. The zero-order valence-corrected chi connectivity index (χ0v) is 18.1. The van der Waals surface area contributed by atoms with Crippen LogP contribution >= 0.6 is 23.1 Å². The molecule has 3 aromatic rings. The van der Waals surface area contributed by atoms with Gasteiger partial charge >= 0.3 is 0 Å². The molecular formula is C20H23N5OS2. The van der Waals surface area contributed by atoms with Crippen molar-refractivity contribution in [3.8, 4) is 0 Å². The van der Waals surface area contributed by atoms with E-state index in [1.54, 1.807) is 23.6 Å². The van der Waals surface area contributed by atoms with Crippen LogP contribution in [-0.4, -0.2) is 25.7 Å². The Morgan fingerprint density at radius 2 is 2.07 bits per heavy atom. The standard InChI is InChI=1S/C20H23N5OS2/c1-12-6-5-7-18(13(12)2)25(15(4)26)19-21-16(10-27-19)11-28-20-23-22-14(3)24(20)17-8-9-17/h5-7,10,17H,8-9,11H2,1-4H3. The third-order valence-electron chi connectivity index (χ3n) is 4.96. The largest absolute Gasteiger partial charge is 0.303 e. The van der Waals surface area contributed by atoms with E-state index in [1.165, 1.54) is 24.2 Å². The number of rotatable bonds is 6. The molecule has 6 nitrogen and oxygen atoms in total. The van der Waals surface area contributed by atoms with Gasteiger partial charge in [0.05, 0.1) is 11.4 Å². The Hall–Kier alpha value is -2.19. The van der Waals surface area contributed by atoms with Crippen LogP contribution in [0.25, 0.3) is 0 Å². The fraction of sp³-hybridized carbons (Fsp3) is 0.400. The molecule has 8 heteroatoms. The molecule has 1 fully saturated rings. The lowest BCUT2D eigenvalue weighted by Crippen LogP contribution is -2.23. The van der Waals surface area contributed by atoms with Crippen LogP contribution in [0.4, 0.5) is 10.8 Å². The van der Waals surface area contributed by atoms with Crippen LogP contribution in [0.3, 0.4) is 0 Å². The number of benzene rings is 1. The van der Waals surface area contributed by atoms with Crippen molar-refractivity contribution in [2.75, 3.05) is 4.90 Å². The van der Waals surface area contributed by atoms with Crippen molar-refractivity contribution in [1.82, 2.24) is 19.7 Å². The highest BCUT2D eigenvalue weighted by molar-refractivity contribution is 7.98. The van der Waals surface area contributed by atoms with Crippen molar-refractivity contribution in [2.24, 2.45) is 0 Å². The van der Waals surface area contributed by atoms with Crippen molar-refractivity contribution in [3.63, 3.8) is 0 Å². The third-order valence-corrected chi connectivity index (χ3v) is 6.81. The van der Waals surface area contributed by atoms with Crippen LogP contribution < -0.4 is 4.90 Å². The van der Waals surface area contributed by atoms with Gasteiger partial charge in [0, 0.05) is 24.1 Å². The number of hydrogen-bond donors (Lipinski definition) is 0. The monoisotopic (exact) mass is 413 g/mol. The number of nitrogens with zero attached hydrogens (tertiary/aromatic N) is 5. The second-order valence-corrected chi connectivity index (χ2v) is 8.89. The molecule has 2 heterocycles. The molecule has 146 valence electrons. The van der Waals surface area contributed by atoms with Crippen molar-refractivity contribution < 1.29 is 4.79 Å². The van der Waals surface area contributed by atoms with E-state index >= 15 is 0 Å². The quantitative estimate of drug-likeness (QED) is 0.534. The number of thiazole rings is 1. The first-order chi connectivity index (χ1) is 13.5. The van der Waals surface area contributed by atoms with Crippen LogP contribution in [0.2, 0.25) is 0 Å². The molecule has 0 spiro atoms. The third kappa shape index (κ3) is 3.71. The maximum Gasteiger partial charge on any atom is 0.230 e. The first-order valence-corrected chi connectivity index (χ1v) is 11.2. The van der Waals surface area contributed by atoms with Crippen molar-refractivity contribution in [3.05, 3.63) is 46.2 Å². The van der Waals surface area contributed by atoms with Gasteiger partial charge in [0.15, 0.2) is 10.3 Å². The highest BCUT2D eigenvalue weighted by Crippen LogP contribution is 2.39. The molecule has 0 unspecified atom stereocenters. The lowest BCUT2D eigenvalue weighted by atomic mass is 10.1. The number of carbonyl (C=O) groups excluding carboxylic acids is 1. The van der Waals surface area contributed by atoms with Crippen molar-refractivity contribution in [1.29, 1.82) is 0 Å². The van der Waals surface area contributed by atoms with E-state index in [2.05, 4.69) is 27.8 Å². The number of anilines is 2. The summed E-state index contributed by atoms with van der Waals surface area (Å²) in [5.41, 5.74) is 4.09. The minimum Gasteiger partial charge on any atom is -0.303 e. The highest BCUT2D eigenvalue weighted by atomic mass is 32.2. The number of carbonyl (C=O) groups is 1. The molecule has 0 radical (unpaired) electrons. The van der Waals surface area contributed by atoms with E-state index in [9.17, 15) is 4.79 Å². The maximum absolute atomic E-state index is 12.4. The first-order valence-electron chi connectivity index (χ1n) is 9.31. The molecule has 1 saturated carbocycles. The Labute approximate surface area is 173 Å². The van der Waals surface area contributed by atoms with Crippen molar-refractivity contribution >= 4 is 39.8 Å². The van der Waals surface area contributed by atoms with E-state index in [-0.39, 0.29) is 5.91 Å². The number of thioether (sulfide) groups is 1. The zero-order chi connectivity index (χ0) is 19.8. The lowest BCUT2D eigenvalue weighted by molar-refractivity contribution is -0.115. The summed E-state index contributed by atoms with van der Waals surface area (Å²) >= 11 is 3.15. The van der Waals surface area contributed by atoms with E-state index in [0.717, 1.165) is 33.5 Å². The molecule has 0 aliphatic heterocycles. The Kier molecular flexibility index (Phi) is 5.25. The van der Waals surface area contributed by atoms with Crippen LogP contribution in [0.15, 0.2) is 28.7 Å². The van der Waals surface area contributed by atoms with E-state index in [4.69, 9.17) is 4.98 Å². The second kappa shape index (κ2) is 7.67. The SMILES string of the molecule is CC(=O)N(c1nc(CSc2nnc(C)n2C2CC2)cs1)c1cccc(C)c1C. The molecule has 2 aromatic heterocycles. The number of aromatic nitrogens is 4. The fourth-order valence-electron chi connectivity index (χ4n) is 3.19. The molecule has 1 aromatic carbocycles. The molecule has 1 aliphatic rings. The van der Waals surface area contributed by atoms with Gasteiger partial charge in [0.2, 0.25) is 5.91 Å². The summed E-state index contributed by atoms with van der Waals surface area (Å²) in [7, 11) is 0. The molecule has 0 saturated heterocycles. The predicted molar refractivity (Wildman–Crippen MR) is 113 cm³/mol. The Bertz CT molecular complexity index is 1020. The molecule has 1 amide bonds. The number of aryl methyl sites for hydroxylation is 2. The van der Waals surface area contributed by atoms with Gasteiger partial charge in [-0.05, 0) is 50.8 Å². The van der Waals surface area contributed by atoms with Gasteiger partial charge in [-0.3, -0.25) is 9.69 Å². The highest BCUT2D eigenvalue weighted by Gasteiger charge is 2.28. The van der Waals surface area contributed by atoms with E-state index < -0.39 is 0 Å². The molecular weight excluding hydrogens is 390 g/mol. The average Bonchev–Trinajstić information content (AvgIpc) is 3.27. The molecule has 4 rings (SSSR count). The van der Waals surface area contributed by atoms with Gasteiger partial charge in [-0.15, -0.1) is 21.5 Å². The Balaban J connectivity index is 1.54. The normalized spacial score (nSPS) is 13.7. The minimum absolute atomic E-state index is 0.0358. The van der Waals surface area contributed by atoms with Crippen molar-refractivity contribution in [2.45, 2.75) is 57.5 Å². The zero-order valence-electron chi connectivity index (χ0n) is 16.5. The molecule has 0 N–H and O–H groups in total. The van der Waals surface area contributed by atoms with Crippen LogP contribution in [-0.2, 0) is 10.5 Å². The van der Waals surface area contributed by atoms with Gasteiger partial charge in [-0.25, -0.2) is 4.98 Å². The summed E-state index contributed by atoms with van der Waals surface area (Å²) < 4.78 is 2.23. The summed E-state index contributed by atoms with van der Waals surface area (Å²) in [5, 5.41) is 12.2. The first kappa shape index (κ1) is 19.1. The van der Waals surface area contributed by atoms with Crippen LogP contribution in [0.5, 0.6) is 0 Å². The number of amides is 1. The summed E-state index contributed by atoms with van der Waals surface area (Å²) in [6.07, 6.45) is 2.41. The van der Waals surface area contributed by atoms with Crippen LogP contribution in [0.1, 0.15) is 48.5 Å². The van der Waals surface area contributed by atoms with Crippen LogP contribution in [0, 0.1) is 20.8 Å². The van der Waals surface area contributed by atoms with Gasteiger partial charge in [0.25, 0.3) is 0 Å². The van der Waals surface area contributed by atoms with Gasteiger partial charge in [-0.2, -0.15) is 0 Å². The minimum atomic E-state index is -0.0358. The number of hydrogen-bond acceptors (Lipinski definition) is 6. The smallest absolute Gasteiger partial charge is 0.230 e. The topological polar surface area (TPSA) is 63.9 Å². The molecule has 1 aliphatic carbocycles. The fourth-order valence-corrected chi connectivity index (χ4v) is 5.12. The maximum atomic E-state index is 12.4. The van der Waals surface area contributed by atoms with Gasteiger partial charge in [0.1, 0.15) is 5.82 Å². The van der Waals surface area contributed by atoms with Gasteiger partial charge in [-0.1, -0.05) is 23.9 Å². The molecule has 28 heavy (non-hydrogen) atoms. The predicted octanol–water partition coefficient (Wildman–Crippen LogP) is 4.97. The molecule has 0 atom stereocenters. The second-order valence-electron chi connectivity index (χ2n) is 7.11. The van der Waals surface area contributed by atoms with E-state index in [0.29, 0.717) is 16.9 Å². The van der Waals surface area contributed by atoms with Gasteiger partial charge < -0.3 is 4.57 Å². The lowest BCUT2D eigenvalue weighted by Gasteiger charge is -2.21. The summed E-state index contributed by atoms with van der Waals surface area (Å²) in [6, 6.07) is 6.56. The average molecular weight is 414 g/mol. The van der Waals surface area contributed by atoms with E-state index in [1.807, 2.05) is 31.4 Å². The summed E-state index contributed by atoms with van der Waals surface area (Å²) in [6.45, 7) is 7.68. The Morgan fingerprint density at radius 1 is 1.29 bits per heavy atom.